The van der Waals surface area contributed by atoms with E-state index in [9.17, 15) is 19.7 Å². The van der Waals surface area contributed by atoms with Crippen LogP contribution in [-0.4, -0.2) is 22.7 Å². The summed E-state index contributed by atoms with van der Waals surface area (Å²) in [7, 11) is 0. The van der Waals surface area contributed by atoms with Crippen LogP contribution in [0.1, 0.15) is 18.1 Å². The van der Waals surface area contributed by atoms with Crippen molar-refractivity contribution in [1.82, 2.24) is 0 Å². The number of amides is 1. The van der Waals surface area contributed by atoms with Crippen LogP contribution in [0.4, 0.5) is 17.1 Å². The molecular formula is C18H17ClN4O4. The molecule has 1 N–H and O–H groups in total. The maximum absolute atomic E-state index is 12.4. The molecule has 2 aromatic rings. The average molecular weight is 389 g/mol. The van der Waals surface area contributed by atoms with E-state index in [0.29, 0.717) is 5.69 Å². The van der Waals surface area contributed by atoms with E-state index in [1.165, 1.54) is 19.1 Å². The molecule has 0 aliphatic carbocycles. The van der Waals surface area contributed by atoms with Gasteiger partial charge in [-0.05, 0) is 44.5 Å². The number of carbonyl (C=O) groups is 2. The van der Waals surface area contributed by atoms with Crippen molar-refractivity contribution in [3.05, 3.63) is 62.7 Å². The fourth-order valence-corrected chi connectivity index (χ4v) is 2.49. The van der Waals surface area contributed by atoms with Gasteiger partial charge in [-0.2, -0.15) is 5.11 Å². The predicted molar refractivity (Wildman–Crippen MR) is 102 cm³/mol. The van der Waals surface area contributed by atoms with Crippen molar-refractivity contribution >= 4 is 40.4 Å². The summed E-state index contributed by atoms with van der Waals surface area (Å²) in [4.78, 5) is 34.7. The van der Waals surface area contributed by atoms with Crippen LogP contribution in [-0.2, 0) is 9.59 Å². The third kappa shape index (κ3) is 5.18. The first kappa shape index (κ1) is 20.2. The van der Waals surface area contributed by atoms with Crippen molar-refractivity contribution in [3.63, 3.8) is 0 Å². The normalized spacial score (nSPS) is 12.0. The number of Topliss-reactive ketones (excluding diaryl/α,β-unsaturated/α-hetero) is 1. The topological polar surface area (TPSA) is 114 Å². The number of halogens is 1. The lowest BCUT2D eigenvalue weighted by Gasteiger charge is -2.12. The summed E-state index contributed by atoms with van der Waals surface area (Å²) < 4.78 is 0. The Balaban J connectivity index is 2.27. The number of nitro benzene ring substituents is 1. The Morgan fingerprint density at radius 2 is 1.89 bits per heavy atom. The van der Waals surface area contributed by atoms with Gasteiger partial charge in [0.05, 0.1) is 4.92 Å². The molecule has 0 spiro atoms. The average Bonchev–Trinajstić information content (AvgIpc) is 2.58. The highest BCUT2D eigenvalue weighted by Crippen LogP contribution is 2.30. The van der Waals surface area contributed by atoms with Gasteiger partial charge in [0.2, 0.25) is 6.04 Å². The Hall–Kier alpha value is -3.13. The Bertz CT molecular complexity index is 943. The van der Waals surface area contributed by atoms with Crippen molar-refractivity contribution < 1.29 is 14.5 Å². The molecule has 27 heavy (non-hydrogen) atoms. The van der Waals surface area contributed by atoms with Crippen molar-refractivity contribution in [3.8, 4) is 0 Å². The highest BCUT2D eigenvalue weighted by Gasteiger charge is 2.24. The van der Waals surface area contributed by atoms with Crippen molar-refractivity contribution in [2.45, 2.75) is 26.8 Å². The van der Waals surface area contributed by atoms with Crippen LogP contribution in [0.25, 0.3) is 0 Å². The van der Waals surface area contributed by atoms with E-state index in [-0.39, 0.29) is 16.4 Å². The number of nitrogens with zero attached hydrogens (tertiary/aromatic N) is 3. The quantitative estimate of drug-likeness (QED) is 0.338. The molecule has 1 atom stereocenters. The fourth-order valence-electron chi connectivity index (χ4n) is 2.32. The van der Waals surface area contributed by atoms with E-state index in [1.807, 2.05) is 26.0 Å². The number of hydrogen-bond acceptors (Lipinski definition) is 6. The maximum atomic E-state index is 12.4. The van der Waals surface area contributed by atoms with Crippen LogP contribution in [0.5, 0.6) is 0 Å². The van der Waals surface area contributed by atoms with Gasteiger partial charge < -0.3 is 5.32 Å². The molecule has 0 aromatic heterocycles. The van der Waals surface area contributed by atoms with Gasteiger partial charge in [0.25, 0.3) is 11.6 Å². The third-order valence-corrected chi connectivity index (χ3v) is 3.92. The number of nitrogens with one attached hydrogen (secondary N) is 1. The molecule has 2 rings (SSSR count). The number of aryl methyl sites for hydroxylation is 2. The second kappa shape index (κ2) is 8.50. The van der Waals surface area contributed by atoms with Gasteiger partial charge in [-0.1, -0.05) is 29.3 Å². The fraction of sp³-hybridized carbons (Fsp3) is 0.222. The second-order valence-corrected chi connectivity index (χ2v) is 6.36. The van der Waals surface area contributed by atoms with Gasteiger partial charge >= 0.3 is 0 Å². The molecule has 0 saturated heterocycles. The Labute approximate surface area is 160 Å². The standard InChI is InChI=1S/C18H17ClN4O4/c1-10-4-6-14(11(2)8-10)20-18(25)17(12(3)24)22-21-15-7-5-13(19)9-16(15)23(26)27/h4-9,17H,1-3H3,(H,20,25)/t17-/m0/s1. The first-order chi connectivity index (χ1) is 12.7. The Morgan fingerprint density at radius 3 is 2.48 bits per heavy atom. The van der Waals surface area contributed by atoms with E-state index in [4.69, 9.17) is 11.6 Å². The van der Waals surface area contributed by atoms with E-state index in [1.54, 1.807) is 6.07 Å². The summed E-state index contributed by atoms with van der Waals surface area (Å²) >= 11 is 5.75. The zero-order valence-electron chi connectivity index (χ0n) is 14.9. The van der Waals surface area contributed by atoms with Crippen molar-refractivity contribution in [1.29, 1.82) is 0 Å². The Kier molecular flexibility index (Phi) is 6.36. The SMILES string of the molecule is CC(=O)[C@H](N=Nc1ccc(Cl)cc1[N+](=O)[O-])C(=O)Nc1ccc(C)cc1C. The van der Waals surface area contributed by atoms with Crippen LogP contribution < -0.4 is 5.32 Å². The van der Waals surface area contributed by atoms with Crippen molar-refractivity contribution in [2.75, 3.05) is 5.32 Å². The van der Waals surface area contributed by atoms with Gasteiger partial charge in [0.15, 0.2) is 11.5 Å². The molecule has 0 heterocycles. The molecule has 0 saturated carbocycles. The molecule has 0 fully saturated rings. The first-order valence-electron chi connectivity index (χ1n) is 7.92. The number of hydrogen-bond donors (Lipinski definition) is 1. The van der Waals surface area contributed by atoms with Gasteiger partial charge in [-0.25, -0.2) is 0 Å². The first-order valence-corrected chi connectivity index (χ1v) is 8.30. The summed E-state index contributed by atoms with van der Waals surface area (Å²) in [5.74, 6) is -1.22. The lowest BCUT2D eigenvalue weighted by atomic mass is 10.1. The lowest BCUT2D eigenvalue weighted by molar-refractivity contribution is -0.384. The number of azo groups is 1. The van der Waals surface area contributed by atoms with Gasteiger partial charge in [0.1, 0.15) is 0 Å². The zero-order chi connectivity index (χ0) is 20.1. The van der Waals surface area contributed by atoms with Crippen LogP contribution >= 0.6 is 11.6 Å². The molecule has 8 nitrogen and oxygen atoms in total. The van der Waals surface area contributed by atoms with Crippen molar-refractivity contribution in [2.24, 2.45) is 10.2 Å². The number of nitro groups is 1. The molecule has 0 radical (unpaired) electrons. The minimum absolute atomic E-state index is 0.102. The third-order valence-electron chi connectivity index (χ3n) is 3.69. The molecule has 9 heteroatoms. The van der Waals surface area contributed by atoms with Gasteiger partial charge in [-0.15, -0.1) is 5.11 Å². The molecule has 140 valence electrons. The van der Waals surface area contributed by atoms with Crippen LogP contribution in [0.2, 0.25) is 5.02 Å². The van der Waals surface area contributed by atoms with Gasteiger partial charge in [0, 0.05) is 16.8 Å². The second-order valence-electron chi connectivity index (χ2n) is 5.93. The molecule has 0 aliphatic heterocycles. The molecule has 0 unspecified atom stereocenters. The van der Waals surface area contributed by atoms with Crippen LogP contribution in [0.15, 0.2) is 46.6 Å². The highest BCUT2D eigenvalue weighted by molar-refractivity contribution is 6.30. The summed E-state index contributed by atoms with van der Waals surface area (Å²) in [6, 6.07) is 7.82. The molecular weight excluding hydrogens is 372 g/mol. The van der Waals surface area contributed by atoms with Gasteiger partial charge in [-0.3, -0.25) is 19.7 Å². The summed E-state index contributed by atoms with van der Waals surface area (Å²) in [5.41, 5.74) is 1.93. The highest BCUT2D eigenvalue weighted by atomic mass is 35.5. The largest absolute Gasteiger partial charge is 0.324 e. The lowest BCUT2D eigenvalue weighted by Crippen LogP contribution is -2.32. The van der Waals surface area contributed by atoms with E-state index >= 15 is 0 Å². The molecule has 1 amide bonds. The summed E-state index contributed by atoms with van der Waals surface area (Å²) in [6.07, 6.45) is 0. The predicted octanol–water partition coefficient (Wildman–Crippen LogP) is 4.55. The number of carbonyl (C=O) groups excluding carboxylic acids is 2. The van der Waals surface area contributed by atoms with Crippen LogP contribution in [0, 0.1) is 24.0 Å². The molecule has 0 aliphatic rings. The van der Waals surface area contributed by atoms with E-state index in [0.717, 1.165) is 17.2 Å². The van der Waals surface area contributed by atoms with Crippen LogP contribution in [0.3, 0.4) is 0 Å². The number of rotatable bonds is 6. The van der Waals surface area contributed by atoms with E-state index in [2.05, 4.69) is 15.5 Å². The molecule has 0 bridgehead atoms. The summed E-state index contributed by atoms with van der Waals surface area (Å²) in [6.45, 7) is 4.94. The molecule has 2 aromatic carbocycles. The number of anilines is 1. The minimum atomic E-state index is -1.43. The maximum Gasteiger partial charge on any atom is 0.298 e. The number of benzene rings is 2. The van der Waals surface area contributed by atoms with E-state index < -0.39 is 22.7 Å². The smallest absolute Gasteiger partial charge is 0.298 e. The monoisotopic (exact) mass is 388 g/mol. The zero-order valence-corrected chi connectivity index (χ0v) is 15.6. The minimum Gasteiger partial charge on any atom is -0.324 e. The number of ketones is 1. The Morgan fingerprint density at radius 1 is 1.19 bits per heavy atom. The summed E-state index contributed by atoms with van der Waals surface area (Å²) in [5, 5.41) is 21.3.